The number of alkyl carbamates (subject to hydrolysis) is 1. The number of nitrogens with zero attached hydrogens (tertiary/aromatic N) is 3. The van der Waals surface area contributed by atoms with Crippen molar-refractivity contribution in [2.45, 2.75) is 63.9 Å². The largest absolute Gasteiger partial charge is 0.444 e. The van der Waals surface area contributed by atoms with Crippen molar-refractivity contribution in [2.24, 2.45) is 0 Å². The van der Waals surface area contributed by atoms with Crippen LogP contribution in [0.1, 0.15) is 58.4 Å². The molecule has 1 fully saturated rings. The zero-order valence-electron chi connectivity index (χ0n) is 15.7. The van der Waals surface area contributed by atoms with Gasteiger partial charge in [-0.1, -0.05) is 12.8 Å². The van der Waals surface area contributed by atoms with Crippen molar-refractivity contribution in [1.82, 2.24) is 19.9 Å². The molecule has 2 aromatic heterocycles. The molecule has 1 saturated carbocycles. The molecule has 0 aromatic carbocycles. The first-order valence-corrected chi connectivity index (χ1v) is 9.36. The fraction of sp³-hybridized carbons (Fsp3) is 0.611. The molecule has 3 N–H and O–H groups in total. The van der Waals surface area contributed by atoms with E-state index in [1.165, 1.54) is 0 Å². The van der Waals surface area contributed by atoms with Crippen LogP contribution in [0.5, 0.6) is 0 Å². The van der Waals surface area contributed by atoms with Crippen LogP contribution in [0.25, 0.3) is 11.0 Å². The minimum absolute atomic E-state index is 0.0779. The Morgan fingerprint density at radius 1 is 1.41 bits per heavy atom. The molecule has 2 heterocycles. The standard InChI is InChI=1S/C18H25ClN4O4/c1-17(2,3)27-16(26)21-10-18(6-4-5-7-18)23-12(14(24)25)8-11-9-20-15(19)22-13(11)23/h8-9,14,24-25H,4-7,10H2,1-3H3,(H,21,26). The Hall–Kier alpha value is -1.90. The number of hydrogen-bond donors (Lipinski definition) is 3. The van der Waals surface area contributed by atoms with Crippen molar-refractivity contribution >= 4 is 28.7 Å². The maximum atomic E-state index is 12.2. The zero-order valence-corrected chi connectivity index (χ0v) is 16.5. The third kappa shape index (κ3) is 4.17. The molecule has 0 radical (unpaired) electrons. The Kier molecular flexibility index (Phi) is 5.33. The van der Waals surface area contributed by atoms with E-state index in [-0.39, 0.29) is 11.8 Å². The number of nitrogens with one attached hydrogen (secondary N) is 1. The summed E-state index contributed by atoms with van der Waals surface area (Å²) in [6, 6.07) is 1.64. The van der Waals surface area contributed by atoms with Gasteiger partial charge in [-0.05, 0) is 51.3 Å². The highest BCUT2D eigenvalue weighted by Gasteiger charge is 2.40. The number of fused-ring (bicyclic) bond motifs is 1. The second-order valence-electron chi connectivity index (χ2n) is 7.98. The van der Waals surface area contributed by atoms with Crippen molar-refractivity contribution in [2.75, 3.05) is 6.54 Å². The van der Waals surface area contributed by atoms with Crippen molar-refractivity contribution < 1.29 is 19.7 Å². The van der Waals surface area contributed by atoms with Crippen LogP contribution in [0.2, 0.25) is 5.28 Å². The Bertz CT molecular complexity index is 838. The average Bonchev–Trinajstić information content (AvgIpc) is 3.16. The first-order chi connectivity index (χ1) is 12.6. The Labute approximate surface area is 162 Å². The van der Waals surface area contributed by atoms with Crippen molar-refractivity contribution in [3.8, 4) is 0 Å². The number of carbonyl (C=O) groups is 1. The topological polar surface area (TPSA) is 110 Å². The smallest absolute Gasteiger partial charge is 0.407 e. The van der Waals surface area contributed by atoms with Gasteiger partial charge in [-0.15, -0.1) is 0 Å². The maximum Gasteiger partial charge on any atom is 0.407 e. The molecule has 1 aliphatic carbocycles. The molecule has 8 nitrogen and oxygen atoms in total. The lowest BCUT2D eigenvalue weighted by molar-refractivity contribution is -0.0509. The van der Waals surface area contributed by atoms with Gasteiger partial charge in [0, 0.05) is 18.1 Å². The van der Waals surface area contributed by atoms with E-state index in [1.54, 1.807) is 37.6 Å². The molecule has 9 heteroatoms. The van der Waals surface area contributed by atoms with Crippen LogP contribution in [0.3, 0.4) is 0 Å². The minimum Gasteiger partial charge on any atom is -0.444 e. The SMILES string of the molecule is CC(C)(C)OC(=O)NCC1(n2c(C(O)O)cc3cnc(Cl)nc32)CCCC1. The van der Waals surface area contributed by atoms with Gasteiger partial charge in [0.15, 0.2) is 6.29 Å². The van der Waals surface area contributed by atoms with Gasteiger partial charge in [-0.3, -0.25) is 0 Å². The molecular formula is C18H25ClN4O4. The molecule has 3 rings (SSSR count). The Morgan fingerprint density at radius 2 is 2.07 bits per heavy atom. The summed E-state index contributed by atoms with van der Waals surface area (Å²) < 4.78 is 7.14. The molecule has 1 amide bonds. The number of aliphatic hydroxyl groups excluding tert-OH is 1. The van der Waals surface area contributed by atoms with Gasteiger partial charge >= 0.3 is 6.09 Å². The molecule has 2 aromatic rings. The number of aromatic nitrogens is 3. The van der Waals surface area contributed by atoms with Crippen LogP contribution < -0.4 is 5.32 Å². The van der Waals surface area contributed by atoms with Crippen LogP contribution in [0, 0.1) is 0 Å². The summed E-state index contributed by atoms with van der Waals surface area (Å²) in [5, 5.41) is 23.4. The predicted octanol–water partition coefficient (Wildman–Crippen LogP) is 2.86. The van der Waals surface area contributed by atoms with Crippen molar-refractivity contribution in [3.63, 3.8) is 0 Å². The van der Waals surface area contributed by atoms with Gasteiger partial charge in [0.25, 0.3) is 0 Å². The van der Waals surface area contributed by atoms with Gasteiger partial charge < -0.3 is 24.8 Å². The third-order valence-electron chi connectivity index (χ3n) is 4.77. The van der Waals surface area contributed by atoms with Crippen molar-refractivity contribution in [1.29, 1.82) is 0 Å². The van der Waals surface area contributed by atoms with E-state index in [9.17, 15) is 15.0 Å². The van der Waals surface area contributed by atoms with Crippen LogP contribution in [-0.2, 0) is 10.3 Å². The number of rotatable bonds is 4. The van der Waals surface area contributed by atoms with Gasteiger partial charge in [0.05, 0.1) is 11.2 Å². The number of hydrogen-bond acceptors (Lipinski definition) is 6. The Morgan fingerprint density at radius 3 is 2.67 bits per heavy atom. The number of amides is 1. The maximum absolute atomic E-state index is 12.2. The molecule has 0 aliphatic heterocycles. The van der Waals surface area contributed by atoms with Gasteiger partial charge in [0.2, 0.25) is 5.28 Å². The van der Waals surface area contributed by atoms with Crippen molar-refractivity contribution in [3.05, 3.63) is 23.2 Å². The summed E-state index contributed by atoms with van der Waals surface area (Å²) in [6.45, 7) is 5.69. The highest BCUT2D eigenvalue weighted by molar-refractivity contribution is 6.28. The second kappa shape index (κ2) is 7.26. The minimum atomic E-state index is -1.68. The van der Waals surface area contributed by atoms with Crippen LogP contribution >= 0.6 is 11.6 Å². The molecule has 0 spiro atoms. The zero-order chi connectivity index (χ0) is 19.8. The van der Waals surface area contributed by atoms with Gasteiger partial charge in [0.1, 0.15) is 11.2 Å². The molecule has 148 valence electrons. The van der Waals surface area contributed by atoms with E-state index in [0.29, 0.717) is 16.7 Å². The lowest BCUT2D eigenvalue weighted by Gasteiger charge is -2.34. The number of aliphatic hydroxyl groups is 2. The lowest BCUT2D eigenvalue weighted by Crippen LogP contribution is -2.45. The van der Waals surface area contributed by atoms with Crippen LogP contribution in [0.4, 0.5) is 4.79 Å². The van der Waals surface area contributed by atoms with E-state index in [4.69, 9.17) is 16.3 Å². The normalized spacial score (nSPS) is 16.9. The molecule has 0 bridgehead atoms. The van der Waals surface area contributed by atoms with E-state index in [0.717, 1.165) is 25.7 Å². The van der Waals surface area contributed by atoms with Gasteiger partial charge in [-0.25, -0.2) is 9.78 Å². The number of ether oxygens (including phenoxy) is 1. The summed E-state index contributed by atoms with van der Waals surface area (Å²) in [7, 11) is 0. The summed E-state index contributed by atoms with van der Waals surface area (Å²) in [5.74, 6) is 0. The molecule has 0 unspecified atom stereocenters. The summed E-state index contributed by atoms with van der Waals surface area (Å²) in [4.78, 5) is 20.5. The predicted molar refractivity (Wildman–Crippen MR) is 100 cm³/mol. The molecule has 0 saturated heterocycles. The summed E-state index contributed by atoms with van der Waals surface area (Å²) in [5.41, 5.74) is -0.323. The fourth-order valence-electron chi connectivity index (χ4n) is 3.74. The summed E-state index contributed by atoms with van der Waals surface area (Å²) in [6.07, 6.45) is 2.78. The Balaban J connectivity index is 2.00. The first-order valence-electron chi connectivity index (χ1n) is 8.99. The third-order valence-corrected chi connectivity index (χ3v) is 4.96. The van der Waals surface area contributed by atoms with Crippen LogP contribution in [0.15, 0.2) is 12.3 Å². The molecule has 27 heavy (non-hydrogen) atoms. The van der Waals surface area contributed by atoms with E-state index < -0.39 is 23.5 Å². The van der Waals surface area contributed by atoms with Gasteiger partial charge in [-0.2, -0.15) is 4.98 Å². The lowest BCUT2D eigenvalue weighted by atomic mass is 9.96. The van der Waals surface area contributed by atoms with E-state index in [2.05, 4.69) is 15.3 Å². The molecule has 1 aliphatic rings. The molecular weight excluding hydrogens is 372 g/mol. The van der Waals surface area contributed by atoms with E-state index in [1.807, 2.05) is 0 Å². The number of halogens is 1. The second-order valence-corrected chi connectivity index (χ2v) is 8.32. The van der Waals surface area contributed by atoms with E-state index >= 15 is 0 Å². The average molecular weight is 397 g/mol. The quantitative estimate of drug-likeness (QED) is 0.541. The number of carbonyl (C=O) groups excluding carboxylic acids is 1. The highest BCUT2D eigenvalue weighted by Crippen LogP contribution is 2.41. The first kappa shape index (κ1) is 19.9. The summed E-state index contributed by atoms with van der Waals surface area (Å²) >= 11 is 5.98. The monoisotopic (exact) mass is 396 g/mol. The molecule has 0 atom stereocenters. The van der Waals surface area contributed by atoms with Crippen LogP contribution in [-0.4, -0.2) is 43.0 Å². The highest BCUT2D eigenvalue weighted by atomic mass is 35.5. The fourth-order valence-corrected chi connectivity index (χ4v) is 3.87.